The lowest BCUT2D eigenvalue weighted by atomic mass is 10.2. The van der Waals surface area contributed by atoms with Crippen molar-refractivity contribution in [3.05, 3.63) is 60.9 Å². The number of anilines is 1. The van der Waals surface area contributed by atoms with E-state index in [4.69, 9.17) is 0 Å². The van der Waals surface area contributed by atoms with Crippen molar-refractivity contribution >= 4 is 11.5 Å². The molecule has 0 aromatic carbocycles. The molecule has 0 bridgehead atoms. The van der Waals surface area contributed by atoms with Crippen LogP contribution in [0, 0.1) is 0 Å². The van der Waals surface area contributed by atoms with Gasteiger partial charge in [0, 0.05) is 43.7 Å². The zero-order valence-corrected chi connectivity index (χ0v) is 14.0. The van der Waals surface area contributed by atoms with Crippen LogP contribution in [0.25, 0.3) is 16.9 Å². The van der Waals surface area contributed by atoms with Crippen molar-refractivity contribution in [3.8, 4) is 11.4 Å². The second-order valence-corrected chi connectivity index (χ2v) is 5.80. The van der Waals surface area contributed by atoms with Gasteiger partial charge in [0.15, 0.2) is 0 Å². The molecule has 0 spiro atoms. The Bertz CT molecular complexity index is 968. The minimum absolute atomic E-state index is 0.646. The summed E-state index contributed by atoms with van der Waals surface area (Å²) in [4.78, 5) is 13.2. The SMILES string of the molecule is CCCNc1ncc(-c2nccn2Cc2cccn3nccc23)cn1. The number of fused-ring (bicyclic) bond motifs is 1. The smallest absolute Gasteiger partial charge is 0.222 e. The molecule has 0 radical (unpaired) electrons. The number of nitrogens with zero attached hydrogens (tertiary/aromatic N) is 6. The van der Waals surface area contributed by atoms with E-state index in [1.807, 2.05) is 47.6 Å². The molecule has 0 saturated carbocycles. The maximum Gasteiger partial charge on any atom is 0.222 e. The van der Waals surface area contributed by atoms with Gasteiger partial charge in [-0.3, -0.25) is 0 Å². The zero-order valence-electron chi connectivity index (χ0n) is 14.0. The molecule has 4 rings (SSSR count). The Morgan fingerprint density at radius 3 is 2.76 bits per heavy atom. The molecule has 126 valence electrons. The Balaban J connectivity index is 1.61. The Kier molecular flexibility index (Phi) is 4.12. The molecule has 0 amide bonds. The summed E-state index contributed by atoms with van der Waals surface area (Å²) in [7, 11) is 0. The van der Waals surface area contributed by atoms with Crippen molar-refractivity contribution in [1.82, 2.24) is 29.1 Å². The average Bonchev–Trinajstić information content (AvgIpc) is 3.30. The molecule has 25 heavy (non-hydrogen) atoms. The summed E-state index contributed by atoms with van der Waals surface area (Å²) < 4.78 is 3.98. The van der Waals surface area contributed by atoms with Crippen LogP contribution in [0.15, 0.2) is 55.4 Å². The van der Waals surface area contributed by atoms with Gasteiger partial charge in [-0.1, -0.05) is 13.0 Å². The summed E-state index contributed by atoms with van der Waals surface area (Å²) in [5.41, 5.74) is 3.17. The van der Waals surface area contributed by atoms with E-state index < -0.39 is 0 Å². The molecule has 7 nitrogen and oxygen atoms in total. The third-order valence-corrected chi connectivity index (χ3v) is 4.02. The van der Waals surface area contributed by atoms with Crippen LogP contribution in [-0.4, -0.2) is 35.7 Å². The number of aromatic nitrogens is 6. The number of pyridine rings is 1. The van der Waals surface area contributed by atoms with Crippen molar-refractivity contribution in [2.75, 3.05) is 11.9 Å². The summed E-state index contributed by atoms with van der Waals surface area (Å²) in [5.74, 6) is 1.50. The number of nitrogens with one attached hydrogen (secondary N) is 1. The fraction of sp³-hybridized carbons (Fsp3) is 0.222. The number of hydrogen-bond acceptors (Lipinski definition) is 5. The summed E-state index contributed by atoms with van der Waals surface area (Å²) in [6.07, 6.45) is 12.2. The van der Waals surface area contributed by atoms with Crippen LogP contribution in [0.2, 0.25) is 0 Å². The van der Waals surface area contributed by atoms with E-state index in [0.29, 0.717) is 12.5 Å². The van der Waals surface area contributed by atoms with Gasteiger partial charge in [-0.25, -0.2) is 19.5 Å². The highest BCUT2D eigenvalue weighted by molar-refractivity contribution is 5.56. The van der Waals surface area contributed by atoms with Gasteiger partial charge >= 0.3 is 0 Å². The van der Waals surface area contributed by atoms with Gasteiger partial charge in [0.05, 0.1) is 17.6 Å². The fourth-order valence-corrected chi connectivity index (χ4v) is 2.80. The summed E-state index contributed by atoms with van der Waals surface area (Å²) in [6, 6.07) is 6.13. The van der Waals surface area contributed by atoms with E-state index in [0.717, 1.165) is 29.9 Å². The highest BCUT2D eigenvalue weighted by atomic mass is 15.2. The van der Waals surface area contributed by atoms with Crippen molar-refractivity contribution in [3.63, 3.8) is 0 Å². The zero-order chi connectivity index (χ0) is 17.1. The first-order valence-corrected chi connectivity index (χ1v) is 8.34. The Morgan fingerprint density at radius 2 is 1.92 bits per heavy atom. The average molecular weight is 333 g/mol. The van der Waals surface area contributed by atoms with Gasteiger partial charge in [0.25, 0.3) is 0 Å². The van der Waals surface area contributed by atoms with E-state index in [1.165, 1.54) is 5.56 Å². The standard InChI is InChI=1S/C18H19N7/c1-2-6-20-18-21-11-15(12-22-18)17-19-8-10-24(17)13-14-4-3-9-25-16(14)5-7-23-25/h3-5,7-12H,2,6,13H2,1H3,(H,20,21,22). The van der Waals surface area contributed by atoms with Crippen LogP contribution in [0.1, 0.15) is 18.9 Å². The second-order valence-electron chi connectivity index (χ2n) is 5.80. The quantitative estimate of drug-likeness (QED) is 0.587. The van der Waals surface area contributed by atoms with E-state index >= 15 is 0 Å². The maximum absolute atomic E-state index is 4.48. The molecular formula is C18H19N7. The van der Waals surface area contributed by atoms with Crippen LogP contribution in [0.4, 0.5) is 5.95 Å². The van der Waals surface area contributed by atoms with Crippen molar-refractivity contribution in [2.24, 2.45) is 0 Å². The summed E-state index contributed by atoms with van der Waals surface area (Å²) in [5, 5.41) is 7.47. The molecule has 4 aromatic heterocycles. The Morgan fingerprint density at radius 1 is 1.04 bits per heavy atom. The van der Waals surface area contributed by atoms with Gasteiger partial charge in [0.1, 0.15) is 5.82 Å². The van der Waals surface area contributed by atoms with E-state index in [-0.39, 0.29) is 0 Å². The minimum Gasteiger partial charge on any atom is -0.354 e. The van der Waals surface area contributed by atoms with Crippen molar-refractivity contribution in [2.45, 2.75) is 19.9 Å². The number of imidazole rings is 1. The molecule has 0 atom stereocenters. The highest BCUT2D eigenvalue weighted by Crippen LogP contribution is 2.19. The van der Waals surface area contributed by atoms with Gasteiger partial charge < -0.3 is 9.88 Å². The highest BCUT2D eigenvalue weighted by Gasteiger charge is 2.10. The normalized spacial score (nSPS) is 11.1. The van der Waals surface area contributed by atoms with Gasteiger partial charge in [0.2, 0.25) is 5.95 Å². The molecule has 0 aliphatic rings. The Hall–Kier alpha value is -3.22. The van der Waals surface area contributed by atoms with Crippen LogP contribution in [0.3, 0.4) is 0 Å². The van der Waals surface area contributed by atoms with Gasteiger partial charge in [-0.2, -0.15) is 5.10 Å². The number of rotatable bonds is 6. The molecular weight excluding hydrogens is 314 g/mol. The summed E-state index contributed by atoms with van der Waals surface area (Å²) >= 11 is 0. The molecule has 7 heteroatoms. The lowest BCUT2D eigenvalue weighted by molar-refractivity contribution is 0.802. The molecule has 0 aliphatic carbocycles. The molecule has 0 fully saturated rings. The maximum atomic E-state index is 4.48. The third-order valence-electron chi connectivity index (χ3n) is 4.02. The van der Waals surface area contributed by atoms with Crippen molar-refractivity contribution < 1.29 is 0 Å². The van der Waals surface area contributed by atoms with Crippen molar-refractivity contribution in [1.29, 1.82) is 0 Å². The van der Waals surface area contributed by atoms with Crippen LogP contribution < -0.4 is 5.32 Å². The molecule has 0 saturated heterocycles. The van der Waals surface area contributed by atoms with Crippen LogP contribution >= 0.6 is 0 Å². The van der Waals surface area contributed by atoms with E-state index in [9.17, 15) is 0 Å². The lowest BCUT2D eigenvalue weighted by Crippen LogP contribution is -2.06. The van der Waals surface area contributed by atoms with Gasteiger partial charge in [-0.05, 0) is 24.1 Å². The van der Waals surface area contributed by atoms with E-state index in [2.05, 4.69) is 42.9 Å². The molecule has 4 aromatic rings. The minimum atomic E-state index is 0.646. The first-order valence-electron chi connectivity index (χ1n) is 8.34. The molecule has 1 N–H and O–H groups in total. The molecule has 0 unspecified atom stereocenters. The summed E-state index contributed by atoms with van der Waals surface area (Å²) in [6.45, 7) is 3.68. The first-order chi connectivity index (χ1) is 12.3. The second kappa shape index (κ2) is 6.72. The predicted molar refractivity (Wildman–Crippen MR) is 96.3 cm³/mol. The Labute approximate surface area is 145 Å². The topological polar surface area (TPSA) is 72.9 Å². The predicted octanol–water partition coefficient (Wildman–Crippen LogP) is 2.86. The monoisotopic (exact) mass is 333 g/mol. The molecule has 4 heterocycles. The van der Waals surface area contributed by atoms with Crippen LogP contribution in [-0.2, 0) is 6.54 Å². The third kappa shape index (κ3) is 3.08. The lowest BCUT2D eigenvalue weighted by Gasteiger charge is -2.09. The number of hydrogen-bond donors (Lipinski definition) is 1. The largest absolute Gasteiger partial charge is 0.354 e. The van der Waals surface area contributed by atoms with Gasteiger partial charge in [-0.15, -0.1) is 0 Å². The van der Waals surface area contributed by atoms with E-state index in [1.54, 1.807) is 6.20 Å². The fourth-order valence-electron chi connectivity index (χ4n) is 2.80. The molecule has 0 aliphatic heterocycles. The first kappa shape index (κ1) is 15.3. The van der Waals surface area contributed by atoms with Crippen LogP contribution in [0.5, 0.6) is 0 Å².